The highest BCUT2D eigenvalue weighted by Gasteiger charge is 1.96. The van der Waals surface area contributed by atoms with Crippen LogP contribution in [0.4, 0.5) is 4.79 Å². The average Bonchev–Trinajstić information content (AvgIpc) is 2.47. The molecule has 20 heavy (non-hydrogen) atoms. The van der Waals surface area contributed by atoms with Gasteiger partial charge in [0, 0.05) is 13.2 Å². The number of rotatable bonds is 14. The Morgan fingerprint density at radius 2 is 1.25 bits per heavy atom. The van der Waals surface area contributed by atoms with E-state index in [2.05, 4.69) is 17.0 Å². The highest BCUT2D eigenvalue weighted by Crippen LogP contribution is 1.84. The number of methoxy groups -OCH3 is 1. The third-order valence-corrected chi connectivity index (χ3v) is 2.17. The molecule has 0 heterocycles. The molecule has 0 spiro atoms. The molecule has 0 atom stereocenters. The summed E-state index contributed by atoms with van der Waals surface area (Å²) in [7, 11) is 1.32. The molecule has 1 N–H and O–H groups in total. The minimum Gasteiger partial charge on any atom is -0.453 e. The molecule has 7 heteroatoms. The summed E-state index contributed by atoms with van der Waals surface area (Å²) < 4.78 is 25.5. The van der Waals surface area contributed by atoms with Crippen molar-refractivity contribution in [2.24, 2.45) is 0 Å². The van der Waals surface area contributed by atoms with Crippen molar-refractivity contribution in [1.82, 2.24) is 5.32 Å². The fourth-order valence-corrected chi connectivity index (χ4v) is 1.20. The maximum Gasteiger partial charge on any atom is 0.406 e. The summed E-state index contributed by atoms with van der Waals surface area (Å²) >= 11 is 0. The maximum atomic E-state index is 10.7. The summed E-state index contributed by atoms with van der Waals surface area (Å²) in [4.78, 5) is 10.7. The third kappa shape index (κ3) is 15.2. The van der Waals surface area contributed by atoms with E-state index in [4.69, 9.17) is 18.9 Å². The largest absolute Gasteiger partial charge is 0.453 e. The van der Waals surface area contributed by atoms with Gasteiger partial charge in [-0.2, -0.15) is 0 Å². The molecule has 7 nitrogen and oxygen atoms in total. The lowest BCUT2D eigenvalue weighted by Gasteiger charge is -2.07. The first kappa shape index (κ1) is 19.1. The number of carbonyl (C=O) groups excluding carboxylic acids is 1. The molecule has 0 saturated heterocycles. The molecule has 0 fully saturated rings. The van der Waals surface area contributed by atoms with E-state index in [1.807, 2.05) is 0 Å². The molecule has 0 saturated carbocycles. The third-order valence-electron chi connectivity index (χ3n) is 2.17. The zero-order valence-electron chi connectivity index (χ0n) is 12.5. The second-order valence-electron chi connectivity index (χ2n) is 3.87. The van der Waals surface area contributed by atoms with E-state index < -0.39 is 6.09 Å². The van der Waals surface area contributed by atoms with Crippen LogP contribution in [0.1, 0.15) is 13.3 Å². The van der Waals surface area contributed by atoms with Crippen molar-refractivity contribution < 1.29 is 28.5 Å². The zero-order valence-corrected chi connectivity index (χ0v) is 12.5. The lowest BCUT2D eigenvalue weighted by molar-refractivity contribution is -0.00133. The second kappa shape index (κ2) is 16.2. The Hall–Kier alpha value is -0.890. The highest BCUT2D eigenvalue weighted by atomic mass is 16.6. The van der Waals surface area contributed by atoms with Crippen molar-refractivity contribution in [2.75, 3.05) is 66.5 Å². The molecular formula is C13H27NO6. The van der Waals surface area contributed by atoms with E-state index in [0.29, 0.717) is 52.8 Å². The first-order valence-corrected chi connectivity index (χ1v) is 6.94. The first-order chi connectivity index (χ1) is 9.81. The maximum absolute atomic E-state index is 10.7. The minimum atomic E-state index is -0.454. The molecule has 0 aromatic rings. The molecule has 0 bridgehead atoms. The van der Waals surface area contributed by atoms with Crippen LogP contribution in [0.15, 0.2) is 0 Å². The van der Waals surface area contributed by atoms with Crippen LogP contribution in [-0.4, -0.2) is 72.6 Å². The Labute approximate surface area is 120 Å². The van der Waals surface area contributed by atoms with Crippen molar-refractivity contribution >= 4 is 6.09 Å². The summed E-state index contributed by atoms with van der Waals surface area (Å²) in [6.07, 6.45) is 0.572. The van der Waals surface area contributed by atoms with Crippen molar-refractivity contribution in [3.05, 3.63) is 0 Å². The monoisotopic (exact) mass is 293 g/mol. The van der Waals surface area contributed by atoms with Crippen LogP contribution in [0.5, 0.6) is 0 Å². The van der Waals surface area contributed by atoms with Crippen molar-refractivity contribution in [2.45, 2.75) is 13.3 Å². The SMILES string of the molecule is CCCOCCOCCOCCOCCNC(=O)OC. The molecule has 0 aliphatic carbocycles. The number of carbonyl (C=O) groups is 1. The second-order valence-corrected chi connectivity index (χ2v) is 3.87. The summed E-state index contributed by atoms with van der Waals surface area (Å²) in [6.45, 7) is 7.03. The van der Waals surface area contributed by atoms with Crippen LogP contribution in [0, 0.1) is 0 Å². The van der Waals surface area contributed by atoms with Crippen LogP contribution in [-0.2, 0) is 23.7 Å². The van der Waals surface area contributed by atoms with E-state index in [9.17, 15) is 4.79 Å². The van der Waals surface area contributed by atoms with Gasteiger partial charge in [0.15, 0.2) is 0 Å². The van der Waals surface area contributed by atoms with Crippen LogP contribution in [0.3, 0.4) is 0 Å². The molecule has 0 radical (unpaired) electrons. The molecular weight excluding hydrogens is 266 g/mol. The van der Waals surface area contributed by atoms with Gasteiger partial charge >= 0.3 is 6.09 Å². The van der Waals surface area contributed by atoms with E-state index in [1.54, 1.807) is 0 Å². The molecule has 0 aromatic heterocycles. The molecule has 120 valence electrons. The van der Waals surface area contributed by atoms with Gasteiger partial charge in [0.2, 0.25) is 0 Å². The number of alkyl carbamates (subject to hydrolysis) is 1. The Morgan fingerprint density at radius 3 is 1.70 bits per heavy atom. The molecule has 0 rings (SSSR count). The van der Waals surface area contributed by atoms with Crippen LogP contribution >= 0.6 is 0 Å². The Kier molecular flexibility index (Phi) is 15.4. The predicted molar refractivity (Wildman–Crippen MR) is 74.0 cm³/mol. The van der Waals surface area contributed by atoms with Crippen molar-refractivity contribution in [3.8, 4) is 0 Å². The van der Waals surface area contributed by atoms with Gasteiger partial charge in [0.25, 0.3) is 0 Å². The molecule has 0 unspecified atom stereocenters. The van der Waals surface area contributed by atoms with Crippen LogP contribution < -0.4 is 5.32 Å². The Balaban J connectivity index is 2.97. The van der Waals surface area contributed by atoms with Gasteiger partial charge in [0.05, 0.1) is 53.4 Å². The number of hydrogen-bond donors (Lipinski definition) is 1. The first-order valence-electron chi connectivity index (χ1n) is 6.94. The summed E-state index contributed by atoms with van der Waals surface area (Å²) in [5, 5.41) is 2.51. The number of hydrogen-bond acceptors (Lipinski definition) is 6. The van der Waals surface area contributed by atoms with Crippen molar-refractivity contribution in [3.63, 3.8) is 0 Å². The van der Waals surface area contributed by atoms with Crippen LogP contribution in [0.2, 0.25) is 0 Å². The summed E-state index contributed by atoms with van der Waals surface area (Å²) in [6, 6.07) is 0. The van der Waals surface area contributed by atoms with Gasteiger partial charge in [-0.1, -0.05) is 6.92 Å². The van der Waals surface area contributed by atoms with Crippen molar-refractivity contribution in [1.29, 1.82) is 0 Å². The zero-order chi connectivity index (χ0) is 14.9. The smallest absolute Gasteiger partial charge is 0.406 e. The quantitative estimate of drug-likeness (QED) is 0.478. The van der Waals surface area contributed by atoms with E-state index in [-0.39, 0.29) is 0 Å². The fraction of sp³-hybridized carbons (Fsp3) is 0.923. The van der Waals surface area contributed by atoms with Gasteiger partial charge in [-0.05, 0) is 6.42 Å². The number of amides is 1. The molecule has 1 amide bonds. The Morgan fingerprint density at radius 1 is 0.800 bits per heavy atom. The summed E-state index contributed by atoms with van der Waals surface area (Å²) in [5.41, 5.74) is 0. The topological polar surface area (TPSA) is 75.3 Å². The van der Waals surface area contributed by atoms with Gasteiger partial charge in [-0.15, -0.1) is 0 Å². The average molecular weight is 293 g/mol. The van der Waals surface area contributed by atoms with Gasteiger partial charge < -0.3 is 29.0 Å². The van der Waals surface area contributed by atoms with E-state index in [0.717, 1.165) is 13.0 Å². The Bertz CT molecular complexity index is 215. The lowest BCUT2D eigenvalue weighted by atomic mass is 10.5. The predicted octanol–water partition coefficient (Wildman–Crippen LogP) is 0.819. The van der Waals surface area contributed by atoms with E-state index >= 15 is 0 Å². The van der Waals surface area contributed by atoms with E-state index in [1.165, 1.54) is 7.11 Å². The van der Waals surface area contributed by atoms with Crippen LogP contribution in [0.25, 0.3) is 0 Å². The molecule has 0 aromatic carbocycles. The summed E-state index contributed by atoms with van der Waals surface area (Å²) in [5.74, 6) is 0. The highest BCUT2D eigenvalue weighted by molar-refractivity contribution is 5.66. The van der Waals surface area contributed by atoms with Gasteiger partial charge in [0.1, 0.15) is 0 Å². The standard InChI is InChI=1S/C13H27NO6/c1-3-5-17-7-9-19-11-12-20-10-8-18-6-4-14-13(15)16-2/h3-12H2,1-2H3,(H,14,15). The molecule has 0 aliphatic rings. The van der Waals surface area contributed by atoms with Gasteiger partial charge in [-0.25, -0.2) is 4.79 Å². The fourth-order valence-electron chi connectivity index (χ4n) is 1.20. The normalized spacial score (nSPS) is 10.5. The lowest BCUT2D eigenvalue weighted by Crippen LogP contribution is -2.27. The van der Waals surface area contributed by atoms with Gasteiger partial charge in [-0.3, -0.25) is 0 Å². The number of ether oxygens (including phenoxy) is 5. The number of nitrogens with one attached hydrogen (secondary N) is 1. The minimum absolute atomic E-state index is 0.424. The molecule has 0 aliphatic heterocycles.